The minimum absolute atomic E-state index is 0.759. The molecule has 4 heteroatoms. The van der Waals surface area contributed by atoms with Crippen molar-refractivity contribution in [2.75, 3.05) is 29.9 Å². The number of hydrogen-bond donors (Lipinski definition) is 1. The summed E-state index contributed by atoms with van der Waals surface area (Å²) in [7, 11) is 0. The predicted molar refractivity (Wildman–Crippen MR) is 85.5 cm³/mol. The summed E-state index contributed by atoms with van der Waals surface area (Å²) >= 11 is 0. The van der Waals surface area contributed by atoms with Crippen LogP contribution in [-0.2, 0) is 6.42 Å². The molecule has 1 fully saturated rings. The molecule has 1 aromatic heterocycles. The SMILES string of the molecule is CCCNc1nc(CC)nc(N2CCCC(C)C2)c1C. The van der Waals surface area contributed by atoms with Crippen LogP contribution in [0.1, 0.15) is 51.4 Å². The fourth-order valence-electron chi connectivity index (χ4n) is 2.81. The summed E-state index contributed by atoms with van der Waals surface area (Å²) in [6.45, 7) is 12.0. The van der Waals surface area contributed by atoms with Gasteiger partial charge in [-0.15, -0.1) is 0 Å². The van der Waals surface area contributed by atoms with Crippen molar-refractivity contribution >= 4 is 11.6 Å². The molecule has 1 aromatic rings. The molecular weight excluding hydrogens is 248 g/mol. The van der Waals surface area contributed by atoms with Gasteiger partial charge in [-0.25, -0.2) is 9.97 Å². The molecule has 0 saturated carbocycles. The van der Waals surface area contributed by atoms with Crippen LogP contribution in [-0.4, -0.2) is 29.6 Å². The van der Waals surface area contributed by atoms with E-state index < -0.39 is 0 Å². The summed E-state index contributed by atoms with van der Waals surface area (Å²) in [4.78, 5) is 11.9. The van der Waals surface area contributed by atoms with Crippen molar-refractivity contribution in [2.24, 2.45) is 5.92 Å². The Labute approximate surface area is 123 Å². The molecule has 4 nitrogen and oxygen atoms in total. The van der Waals surface area contributed by atoms with Crippen LogP contribution in [0.25, 0.3) is 0 Å². The van der Waals surface area contributed by atoms with Gasteiger partial charge in [0.15, 0.2) is 0 Å². The molecule has 1 saturated heterocycles. The number of nitrogens with one attached hydrogen (secondary N) is 1. The highest BCUT2D eigenvalue weighted by atomic mass is 15.2. The zero-order valence-corrected chi connectivity index (χ0v) is 13.4. The van der Waals surface area contributed by atoms with Crippen LogP contribution in [0.5, 0.6) is 0 Å². The van der Waals surface area contributed by atoms with Gasteiger partial charge in [0.05, 0.1) is 0 Å². The zero-order valence-electron chi connectivity index (χ0n) is 13.4. The third-order valence-corrected chi connectivity index (χ3v) is 3.98. The standard InChI is InChI=1S/C16H28N4/c1-5-9-17-15-13(4)16(19-14(6-2)18-15)20-10-7-8-12(3)11-20/h12H,5-11H2,1-4H3,(H,17,18,19). The topological polar surface area (TPSA) is 41.1 Å². The third-order valence-electron chi connectivity index (χ3n) is 3.98. The van der Waals surface area contributed by atoms with Gasteiger partial charge in [-0.05, 0) is 32.1 Å². The van der Waals surface area contributed by atoms with Gasteiger partial charge in [0, 0.05) is 31.6 Å². The molecule has 20 heavy (non-hydrogen) atoms. The molecule has 0 radical (unpaired) electrons. The van der Waals surface area contributed by atoms with Gasteiger partial charge in [0.2, 0.25) is 0 Å². The Morgan fingerprint density at radius 1 is 1.30 bits per heavy atom. The van der Waals surface area contributed by atoms with E-state index in [1.54, 1.807) is 0 Å². The van der Waals surface area contributed by atoms with E-state index in [2.05, 4.69) is 42.9 Å². The molecule has 1 aliphatic rings. The van der Waals surface area contributed by atoms with Crippen molar-refractivity contribution in [3.8, 4) is 0 Å². The zero-order chi connectivity index (χ0) is 14.5. The first-order valence-electron chi connectivity index (χ1n) is 8.02. The average Bonchev–Trinajstić information content (AvgIpc) is 2.46. The molecule has 1 aliphatic heterocycles. The highest BCUT2D eigenvalue weighted by Gasteiger charge is 2.21. The van der Waals surface area contributed by atoms with Crippen molar-refractivity contribution < 1.29 is 0 Å². The molecule has 0 spiro atoms. The molecule has 0 aromatic carbocycles. The predicted octanol–water partition coefficient (Wildman–Crippen LogP) is 3.41. The van der Waals surface area contributed by atoms with Gasteiger partial charge in [0.1, 0.15) is 17.5 Å². The molecule has 2 rings (SSSR count). The molecule has 1 atom stereocenters. The third kappa shape index (κ3) is 3.41. The number of piperidine rings is 1. The van der Waals surface area contributed by atoms with Crippen LogP contribution in [0.4, 0.5) is 11.6 Å². The Morgan fingerprint density at radius 2 is 2.10 bits per heavy atom. The summed E-state index contributed by atoms with van der Waals surface area (Å²) in [5, 5.41) is 3.45. The van der Waals surface area contributed by atoms with Crippen LogP contribution in [0, 0.1) is 12.8 Å². The summed E-state index contributed by atoms with van der Waals surface area (Å²) in [5.74, 6) is 3.87. The van der Waals surface area contributed by atoms with E-state index in [0.717, 1.165) is 55.9 Å². The highest BCUT2D eigenvalue weighted by molar-refractivity contribution is 5.59. The normalized spacial score (nSPS) is 19.2. The molecule has 0 amide bonds. The monoisotopic (exact) mass is 276 g/mol. The van der Waals surface area contributed by atoms with Crippen LogP contribution < -0.4 is 10.2 Å². The van der Waals surface area contributed by atoms with Crippen LogP contribution in [0.3, 0.4) is 0 Å². The number of aryl methyl sites for hydroxylation is 1. The first-order valence-corrected chi connectivity index (χ1v) is 8.02. The van der Waals surface area contributed by atoms with Gasteiger partial charge in [-0.2, -0.15) is 0 Å². The van der Waals surface area contributed by atoms with Crippen molar-refractivity contribution in [3.63, 3.8) is 0 Å². The van der Waals surface area contributed by atoms with E-state index in [0.29, 0.717) is 0 Å². The smallest absolute Gasteiger partial charge is 0.137 e. The molecule has 0 aliphatic carbocycles. The van der Waals surface area contributed by atoms with E-state index in [1.807, 2.05) is 0 Å². The number of rotatable bonds is 5. The minimum Gasteiger partial charge on any atom is -0.370 e. The molecule has 1 unspecified atom stereocenters. The molecule has 112 valence electrons. The lowest BCUT2D eigenvalue weighted by atomic mass is 10.00. The van der Waals surface area contributed by atoms with Gasteiger partial charge < -0.3 is 10.2 Å². The number of anilines is 2. The molecular formula is C16H28N4. The van der Waals surface area contributed by atoms with Crippen LogP contribution in [0.15, 0.2) is 0 Å². The number of hydrogen-bond acceptors (Lipinski definition) is 4. The van der Waals surface area contributed by atoms with Crippen molar-refractivity contribution in [3.05, 3.63) is 11.4 Å². The Morgan fingerprint density at radius 3 is 2.75 bits per heavy atom. The lowest BCUT2D eigenvalue weighted by Crippen LogP contribution is -2.35. The minimum atomic E-state index is 0.759. The van der Waals surface area contributed by atoms with Gasteiger partial charge in [0.25, 0.3) is 0 Å². The largest absolute Gasteiger partial charge is 0.370 e. The second kappa shape index (κ2) is 6.91. The molecule has 1 N–H and O–H groups in total. The second-order valence-electron chi connectivity index (χ2n) is 5.91. The van der Waals surface area contributed by atoms with Gasteiger partial charge in [-0.1, -0.05) is 20.8 Å². The van der Waals surface area contributed by atoms with E-state index in [-0.39, 0.29) is 0 Å². The summed E-state index contributed by atoms with van der Waals surface area (Å²) in [5.41, 5.74) is 1.20. The van der Waals surface area contributed by atoms with Crippen LogP contribution >= 0.6 is 0 Å². The number of aromatic nitrogens is 2. The van der Waals surface area contributed by atoms with Crippen molar-refractivity contribution in [1.29, 1.82) is 0 Å². The fraction of sp³-hybridized carbons (Fsp3) is 0.750. The summed E-state index contributed by atoms with van der Waals surface area (Å²) in [6, 6.07) is 0. The molecule has 2 heterocycles. The Kier molecular flexibility index (Phi) is 5.21. The lowest BCUT2D eigenvalue weighted by Gasteiger charge is -2.33. The van der Waals surface area contributed by atoms with Crippen molar-refractivity contribution in [2.45, 2.75) is 53.4 Å². The average molecular weight is 276 g/mol. The van der Waals surface area contributed by atoms with E-state index >= 15 is 0 Å². The van der Waals surface area contributed by atoms with Crippen molar-refractivity contribution in [1.82, 2.24) is 9.97 Å². The fourth-order valence-corrected chi connectivity index (χ4v) is 2.81. The maximum atomic E-state index is 4.79. The second-order valence-corrected chi connectivity index (χ2v) is 5.91. The lowest BCUT2D eigenvalue weighted by molar-refractivity contribution is 0.443. The van der Waals surface area contributed by atoms with Crippen LogP contribution in [0.2, 0.25) is 0 Å². The maximum Gasteiger partial charge on any atom is 0.137 e. The van der Waals surface area contributed by atoms with E-state index in [1.165, 1.54) is 18.4 Å². The number of nitrogens with zero attached hydrogens (tertiary/aromatic N) is 3. The summed E-state index contributed by atoms with van der Waals surface area (Å²) < 4.78 is 0. The Balaban J connectivity index is 2.30. The maximum absolute atomic E-state index is 4.79. The van der Waals surface area contributed by atoms with E-state index in [9.17, 15) is 0 Å². The first-order chi connectivity index (χ1) is 9.65. The Hall–Kier alpha value is -1.32. The van der Waals surface area contributed by atoms with E-state index in [4.69, 9.17) is 4.98 Å². The van der Waals surface area contributed by atoms with Gasteiger partial charge in [-0.3, -0.25) is 0 Å². The quantitative estimate of drug-likeness (QED) is 0.895. The highest BCUT2D eigenvalue weighted by Crippen LogP contribution is 2.27. The first kappa shape index (κ1) is 15.1. The Bertz CT molecular complexity index is 444. The molecule has 0 bridgehead atoms. The summed E-state index contributed by atoms with van der Waals surface area (Å²) in [6.07, 6.45) is 4.60. The van der Waals surface area contributed by atoms with Gasteiger partial charge >= 0.3 is 0 Å².